The molecule has 116 valence electrons. The number of nitrogens with zero attached hydrogens (tertiary/aromatic N) is 2. The van der Waals surface area contributed by atoms with Crippen molar-refractivity contribution in [2.24, 2.45) is 0 Å². The van der Waals surface area contributed by atoms with Gasteiger partial charge >= 0.3 is 0 Å². The Morgan fingerprint density at radius 2 is 2.00 bits per heavy atom. The molecule has 0 aliphatic carbocycles. The number of benzene rings is 2. The van der Waals surface area contributed by atoms with Gasteiger partial charge in [-0.3, -0.25) is 0 Å². The minimum absolute atomic E-state index is 0.00423. The Morgan fingerprint density at radius 3 is 2.70 bits per heavy atom. The number of halogens is 1. The van der Waals surface area contributed by atoms with Gasteiger partial charge in [0.15, 0.2) is 6.10 Å². The lowest BCUT2D eigenvalue weighted by molar-refractivity contribution is 0.251. The van der Waals surface area contributed by atoms with Crippen molar-refractivity contribution in [3.05, 3.63) is 59.4 Å². The van der Waals surface area contributed by atoms with Crippen LogP contribution in [0.2, 0.25) is 0 Å². The summed E-state index contributed by atoms with van der Waals surface area (Å²) in [4.78, 5) is 0. The van der Waals surface area contributed by atoms with Crippen molar-refractivity contribution in [3.63, 3.8) is 0 Å². The monoisotopic (exact) mass is 309 g/mol. The van der Waals surface area contributed by atoms with Crippen LogP contribution in [0.3, 0.4) is 0 Å². The van der Waals surface area contributed by atoms with Gasteiger partial charge in [-0.1, -0.05) is 25.1 Å². The average molecular weight is 309 g/mol. The van der Waals surface area contributed by atoms with Gasteiger partial charge in [0.1, 0.15) is 29.3 Å². The van der Waals surface area contributed by atoms with Gasteiger partial charge in [0, 0.05) is 6.54 Å². The molecule has 23 heavy (non-hydrogen) atoms. The van der Waals surface area contributed by atoms with Crippen LogP contribution in [0, 0.1) is 28.5 Å². The molecule has 5 heteroatoms. The van der Waals surface area contributed by atoms with E-state index in [1.807, 2.05) is 31.2 Å². The first kappa shape index (κ1) is 16.3. The van der Waals surface area contributed by atoms with Crippen molar-refractivity contribution in [2.45, 2.75) is 26.0 Å². The summed E-state index contributed by atoms with van der Waals surface area (Å²) >= 11 is 0. The maximum Gasteiger partial charge on any atom is 0.184 e. The Labute approximate surface area is 134 Å². The number of hydrogen-bond donors (Lipinski definition) is 1. The Hall–Kier alpha value is -3.05. The zero-order valence-electron chi connectivity index (χ0n) is 12.7. The molecular formula is C18H16FN3O. The second-order valence-corrected chi connectivity index (χ2v) is 4.92. The molecule has 2 aromatic carbocycles. The third-order valence-electron chi connectivity index (χ3n) is 3.30. The quantitative estimate of drug-likeness (QED) is 0.876. The molecular weight excluding hydrogens is 293 g/mol. The van der Waals surface area contributed by atoms with Crippen LogP contribution in [0.4, 0.5) is 10.1 Å². The maximum atomic E-state index is 13.5. The standard InChI is InChI=1S/C18H16FN3O/c1-2-14(10-20)23-15-6-3-5-13(9-15)12-22-18-8-4-7-17(19)16(18)11-21/h3-9,14,22H,2,12H2,1H3. The van der Waals surface area contributed by atoms with E-state index in [1.54, 1.807) is 18.2 Å². The second kappa shape index (κ2) is 7.82. The molecule has 1 unspecified atom stereocenters. The summed E-state index contributed by atoms with van der Waals surface area (Å²) in [6.45, 7) is 2.30. The summed E-state index contributed by atoms with van der Waals surface area (Å²) in [6.07, 6.45) is 0.125. The topological polar surface area (TPSA) is 68.8 Å². The fourth-order valence-corrected chi connectivity index (χ4v) is 2.08. The summed E-state index contributed by atoms with van der Waals surface area (Å²) in [5.74, 6) is 0.0619. The van der Waals surface area contributed by atoms with Gasteiger partial charge in [0.2, 0.25) is 0 Å². The molecule has 0 fully saturated rings. The Kier molecular flexibility index (Phi) is 5.55. The van der Waals surface area contributed by atoms with E-state index in [1.165, 1.54) is 6.07 Å². The normalized spacial score (nSPS) is 11.1. The third kappa shape index (κ3) is 4.21. The van der Waals surface area contributed by atoms with Crippen molar-refractivity contribution in [1.82, 2.24) is 0 Å². The van der Waals surface area contributed by atoms with Crippen LogP contribution in [0.1, 0.15) is 24.5 Å². The molecule has 4 nitrogen and oxygen atoms in total. The first-order valence-corrected chi connectivity index (χ1v) is 7.25. The molecule has 0 aliphatic rings. The number of ether oxygens (including phenoxy) is 1. The Balaban J connectivity index is 2.09. The molecule has 1 N–H and O–H groups in total. The molecule has 2 aromatic rings. The SMILES string of the molecule is CCC(C#N)Oc1cccc(CNc2cccc(F)c2C#N)c1. The second-order valence-electron chi connectivity index (χ2n) is 4.92. The molecule has 0 spiro atoms. The van der Waals surface area contributed by atoms with Crippen LogP contribution in [-0.2, 0) is 6.54 Å². The van der Waals surface area contributed by atoms with Gasteiger partial charge in [0.05, 0.1) is 5.69 Å². The van der Waals surface area contributed by atoms with Crippen LogP contribution in [0.25, 0.3) is 0 Å². The van der Waals surface area contributed by atoms with E-state index in [9.17, 15) is 4.39 Å². The number of nitriles is 2. The summed E-state index contributed by atoms with van der Waals surface area (Å²) in [5.41, 5.74) is 1.35. The predicted molar refractivity (Wildman–Crippen MR) is 85.2 cm³/mol. The highest BCUT2D eigenvalue weighted by Crippen LogP contribution is 2.20. The Morgan fingerprint density at radius 1 is 1.22 bits per heavy atom. The number of rotatable bonds is 6. The van der Waals surface area contributed by atoms with E-state index in [2.05, 4.69) is 11.4 Å². The fourth-order valence-electron chi connectivity index (χ4n) is 2.08. The Bertz CT molecular complexity index is 762. The van der Waals surface area contributed by atoms with E-state index in [-0.39, 0.29) is 5.56 Å². The van der Waals surface area contributed by atoms with Crippen molar-refractivity contribution in [2.75, 3.05) is 5.32 Å². The van der Waals surface area contributed by atoms with E-state index >= 15 is 0 Å². The molecule has 0 saturated heterocycles. The van der Waals surface area contributed by atoms with Crippen molar-refractivity contribution in [3.8, 4) is 17.9 Å². The van der Waals surface area contributed by atoms with Gasteiger partial charge in [-0.05, 0) is 36.2 Å². The smallest absolute Gasteiger partial charge is 0.184 e. The molecule has 0 heterocycles. The van der Waals surface area contributed by atoms with E-state index < -0.39 is 11.9 Å². The maximum absolute atomic E-state index is 13.5. The lowest BCUT2D eigenvalue weighted by atomic mass is 10.1. The van der Waals surface area contributed by atoms with E-state index in [0.29, 0.717) is 24.4 Å². The summed E-state index contributed by atoms with van der Waals surface area (Å²) in [5, 5.41) is 21.0. The molecule has 0 aliphatic heterocycles. The average Bonchev–Trinajstić information content (AvgIpc) is 2.58. The molecule has 2 rings (SSSR count). The highest BCUT2D eigenvalue weighted by atomic mass is 19.1. The highest BCUT2D eigenvalue weighted by molar-refractivity contribution is 5.58. The number of hydrogen-bond acceptors (Lipinski definition) is 4. The summed E-state index contributed by atoms with van der Waals surface area (Å²) in [6, 6.07) is 15.7. The lowest BCUT2D eigenvalue weighted by Gasteiger charge is -2.12. The summed E-state index contributed by atoms with van der Waals surface area (Å²) < 4.78 is 19.1. The largest absolute Gasteiger partial charge is 0.476 e. The number of anilines is 1. The van der Waals surface area contributed by atoms with Gasteiger partial charge in [-0.2, -0.15) is 10.5 Å². The van der Waals surface area contributed by atoms with E-state index in [0.717, 1.165) is 5.56 Å². The molecule has 1 atom stereocenters. The first-order valence-electron chi connectivity index (χ1n) is 7.25. The van der Waals surface area contributed by atoms with Crippen molar-refractivity contribution >= 4 is 5.69 Å². The first-order chi connectivity index (χ1) is 11.2. The minimum atomic E-state index is -0.547. The zero-order chi connectivity index (χ0) is 16.7. The highest BCUT2D eigenvalue weighted by Gasteiger charge is 2.08. The molecule has 0 bridgehead atoms. The van der Waals surface area contributed by atoms with Gasteiger partial charge in [0.25, 0.3) is 0 Å². The van der Waals surface area contributed by atoms with Crippen molar-refractivity contribution < 1.29 is 9.13 Å². The molecule has 0 aromatic heterocycles. The molecule has 0 radical (unpaired) electrons. The van der Waals surface area contributed by atoms with Gasteiger partial charge in [-0.25, -0.2) is 4.39 Å². The van der Waals surface area contributed by atoms with Crippen LogP contribution in [0.5, 0.6) is 5.75 Å². The van der Waals surface area contributed by atoms with Crippen LogP contribution < -0.4 is 10.1 Å². The molecule has 0 amide bonds. The number of nitrogens with one attached hydrogen (secondary N) is 1. The third-order valence-corrected chi connectivity index (χ3v) is 3.30. The van der Waals surface area contributed by atoms with Crippen LogP contribution >= 0.6 is 0 Å². The lowest BCUT2D eigenvalue weighted by Crippen LogP contribution is -2.12. The van der Waals surface area contributed by atoms with Gasteiger partial charge in [-0.15, -0.1) is 0 Å². The summed E-state index contributed by atoms with van der Waals surface area (Å²) in [7, 11) is 0. The fraction of sp³-hybridized carbons (Fsp3) is 0.222. The molecule has 0 saturated carbocycles. The van der Waals surface area contributed by atoms with Crippen LogP contribution in [0.15, 0.2) is 42.5 Å². The van der Waals surface area contributed by atoms with Crippen LogP contribution in [-0.4, -0.2) is 6.10 Å². The van der Waals surface area contributed by atoms with Gasteiger partial charge < -0.3 is 10.1 Å². The van der Waals surface area contributed by atoms with Crippen molar-refractivity contribution in [1.29, 1.82) is 10.5 Å². The zero-order valence-corrected chi connectivity index (χ0v) is 12.7. The predicted octanol–water partition coefficient (Wildman–Crippen LogP) is 3.99. The minimum Gasteiger partial charge on any atom is -0.476 e. The van der Waals surface area contributed by atoms with E-state index in [4.69, 9.17) is 15.3 Å².